The van der Waals surface area contributed by atoms with Crippen LogP contribution in [0, 0.1) is 11.3 Å². The van der Waals surface area contributed by atoms with Crippen LogP contribution in [0.5, 0.6) is 0 Å². The Hall–Kier alpha value is -3.66. The van der Waals surface area contributed by atoms with Crippen LogP contribution >= 0.6 is 10.8 Å². The summed E-state index contributed by atoms with van der Waals surface area (Å²) in [4.78, 5) is 17.7. The highest BCUT2D eigenvalue weighted by molar-refractivity contribution is 8.25. The van der Waals surface area contributed by atoms with Gasteiger partial charge in [-0.15, -0.1) is 10.8 Å². The van der Waals surface area contributed by atoms with Crippen molar-refractivity contribution < 1.29 is 19.0 Å². The number of hydrogen-bond acceptors (Lipinski definition) is 9. The normalized spacial score (nSPS) is 16.7. The number of aliphatic hydroxyl groups is 1. The Morgan fingerprint density at radius 1 is 1.12 bits per heavy atom. The van der Waals surface area contributed by atoms with Crippen LogP contribution < -0.4 is 20.3 Å². The summed E-state index contributed by atoms with van der Waals surface area (Å²) in [6.45, 7) is 3.68. The molecule has 1 fully saturated rings. The van der Waals surface area contributed by atoms with E-state index in [4.69, 9.17) is 5.26 Å². The minimum atomic E-state index is -2.96. The number of amides is 1. The fourth-order valence-corrected chi connectivity index (χ4v) is 6.53. The molecule has 4 rings (SSSR count). The summed E-state index contributed by atoms with van der Waals surface area (Å²) >= 11 is 0. The quantitative estimate of drug-likeness (QED) is 0.186. The number of nitrogens with one attached hydrogen (secondary N) is 3. The maximum Gasteiger partial charge on any atom is 0.251 e. The molecule has 1 aromatic heterocycles. The fourth-order valence-electron chi connectivity index (χ4n) is 4.85. The molecule has 41 heavy (non-hydrogen) atoms. The Labute approximate surface area is 242 Å². The van der Waals surface area contributed by atoms with Gasteiger partial charge in [0.15, 0.2) is 0 Å². The van der Waals surface area contributed by atoms with Gasteiger partial charge in [0.1, 0.15) is 6.07 Å². The number of carbonyl (C=O) groups is 1. The van der Waals surface area contributed by atoms with Crippen molar-refractivity contribution in [2.75, 3.05) is 35.0 Å². The Kier molecular flexibility index (Phi) is 10.6. The van der Waals surface area contributed by atoms with Crippen molar-refractivity contribution in [2.45, 2.75) is 44.9 Å². The van der Waals surface area contributed by atoms with Crippen LogP contribution in [0.4, 0.5) is 11.4 Å². The van der Waals surface area contributed by atoms with Gasteiger partial charge in [-0.3, -0.25) is 23.2 Å². The number of nitriles is 1. The third-order valence-corrected chi connectivity index (χ3v) is 8.85. The molecule has 0 saturated carbocycles. The molecule has 0 radical (unpaired) electrons. The zero-order valence-corrected chi connectivity index (χ0v) is 24.0. The van der Waals surface area contributed by atoms with Crippen LogP contribution in [0.2, 0.25) is 0 Å². The molecule has 1 amide bonds. The Bertz CT molecular complexity index is 1350. The highest BCUT2D eigenvalue weighted by Gasteiger charge is 2.28. The highest BCUT2D eigenvalue weighted by Crippen LogP contribution is 2.50. The van der Waals surface area contributed by atoms with Crippen molar-refractivity contribution >= 4 is 28.1 Å². The molecule has 6 N–H and O–H groups in total. The van der Waals surface area contributed by atoms with E-state index < -0.39 is 22.9 Å². The van der Waals surface area contributed by atoms with Gasteiger partial charge < -0.3 is 21.1 Å². The SMILES string of the molecule is CCNc1cc(C(=O)N[C@@H](Cc2ccccc2)[C@@H](O)CNCc2cncc(C#N)c2)cc(N2CCCCS2(O)O)c1. The molecular formula is C30H38N6O4S. The molecule has 0 bridgehead atoms. The van der Waals surface area contributed by atoms with E-state index in [0.29, 0.717) is 54.3 Å². The third kappa shape index (κ3) is 8.42. The molecule has 3 aromatic rings. The van der Waals surface area contributed by atoms with Crippen LogP contribution in [0.3, 0.4) is 0 Å². The first-order valence-electron chi connectivity index (χ1n) is 13.8. The summed E-state index contributed by atoms with van der Waals surface area (Å²) in [5, 5.41) is 29.7. The van der Waals surface area contributed by atoms with Gasteiger partial charge in [-0.2, -0.15) is 5.26 Å². The van der Waals surface area contributed by atoms with E-state index in [1.165, 1.54) is 6.20 Å². The van der Waals surface area contributed by atoms with Gasteiger partial charge in [0.25, 0.3) is 5.91 Å². The van der Waals surface area contributed by atoms with Gasteiger partial charge >= 0.3 is 0 Å². The smallest absolute Gasteiger partial charge is 0.251 e. The van der Waals surface area contributed by atoms with Crippen molar-refractivity contribution in [1.29, 1.82) is 5.26 Å². The zero-order chi connectivity index (χ0) is 29.2. The number of carbonyl (C=O) groups excluding carboxylic acids is 1. The second kappa shape index (κ2) is 14.3. The van der Waals surface area contributed by atoms with Gasteiger partial charge in [0, 0.05) is 49.8 Å². The van der Waals surface area contributed by atoms with Crippen molar-refractivity contribution in [3.05, 3.63) is 89.2 Å². The highest BCUT2D eigenvalue weighted by atomic mass is 32.3. The summed E-state index contributed by atoms with van der Waals surface area (Å²) < 4.78 is 23.0. The monoisotopic (exact) mass is 578 g/mol. The average molecular weight is 579 g/mol. The largest absolute Gasteiger partial charge is 0.390 e. The standard InChI is InChI=1S/C30H38N6O4S/c1-2-34-26-14-25(15-27(16-26)36-10-6-7-11-41(36,39)40)30(38)35-28(13-22-8-4-3-5-9-22)29(37)21-33-20-24-12-23(17-31)18-32-19-24/h3-5,8-9,12,14-16,18-19,28-29,33-34,37,39-40H,2,6-7,10-11,13,20-21H2,1H3,(H,35,38)/t28-,29-/m0/s1. The fraction of sp³-hybridized carbons (Fsp3) is 0.367. The Morgan fingerprint density at radius 3 is 2.66 bits per heavy atom. The minimum Gasteiger partial charge on any atom is -0.390 e. The number of aliphatic hydroxyl groups excluding tert-OH is 1. The van der Waals surface area contributed by atoms with E-state index in [0.717, 1.165) is 24.0 Å². The number of nitrogens with zero attached hydrogens (tertiary/aromatic N) is 3. The molecule has 1 saturated heterocycles. The van der Waals surface area contributed by atoms with Crippen LogP contribution in [0.25, 0.3) is 0 Å². The van der Waals surface area contributed by atoms with E-state index in [-0.39, 0.29) is 12.5 Å². The third-order valence-electron chi connectivity index (χ3n) is 6.92. The Balaban J connectivity index is 1.52. The number of aromatic nitrogens is 1. The lowest BCUT2D eigenvalue weighted by molar-refractivity contribution is 0.0830. The summed E-state index contributed by atoms with van der Waals surface area (Å²) in [5.41, 5.74) is 3.87. The maximum atomic E-state index is 13.6. The van der Waals surface area contributed by atoms with E-state index in [2.05, 4.69) is 27.0 Å². The van der Waals surface area contributed by atoms with Crippen molar-refractivity contribution in [3.8, 4) is 6.07 Å². The van der Waals surface area contributed by atoms with Crippen LogP contribution in [-0.2, 0) is 13.0 Å². The van der Waals surface area contributed by atoms with Crippen LogP contribution in [-0.4, -0.2) is 62.6 Å². The lowest BCUT2D eigenvalue weighted by atomic mass is 10.00. The predicted molar refractivity (Wildman–Crippen MR) is 163 cm³/mol. The Morgan fingerprint density at radius 2 is 1.93 bits per heavy atom. The lowest BCUT2D eigenvalue weighted by Crippen LogP contribution is -2.48. The predicted octanol–water partition coefficient (Wildman–Crippen LogP) is 4.14. The summed E-state index contributed by atoms with van der Waals surface area (Å²) in [6, 6.07) is 18.1. The van der Waals surface area contributed by atoms with E-state index in [1.807, 2.05) is 43.3 Å². The lowest BCUT2D eigenvalue weighted by Gasteiger charge is -2.47. The molecular weight excluding hydrogens is 540 g/mol. The number of rotatable bonds is 12. The van der Waals surface area contributed by atoms with Crippen molar-refractivity contribution in [1.82, 2.24) is 15.6 Å². The van der Waals surface area contributed by atoms with Gasteiger partial charge in [-0.05, 0) is 61.6 Å². The maximum absolute atomic E-state index is 13.6. The first-order valence-corrected chi connectivity index (χ1v) is 15.5. The molecule has 11 heteroatoms. The topological polar surface area (TPSA) is 154 Å². The molecule has 2 atom stereocenters. The molecule has 0 unspecified atom stereocenters. The first kappa shape index (κ1) is 30.3. The molecule has 10 nitrogen and oxygen atoms in total. The van der Waals surface area contributed by atoms with Gasteiger partial charge in [0.05, 0.1) is 29.1 Å². The number of anilines is 2. The van der Waals surface area contributed by atoms with Gasteiger partial charge in [-0.1, -0.05) is 30.3 Å². The molecule has 1 aliphatic heterocycles. The molecule has 2 aromatic carbocycles. The molecule has 0 aliphatic carbocycles. The van der Waals surface area contributed by atoms with Crippen molar-refractivity contribution in [3.63, 3.8) is 0 Å². The van der Waals surface area contributed by atoms with Gasteiger partial charge in [-0.25, -0.2) is 0 Å². The number of pyridine rings is 1. The number of benzene rings is 2. The zero-order valence-electron chi connectivity index (χ0n) is 23.2. The van der Waals surface area contributed by atoms with E-state index in [1.54, 1.807) is 28.7 Å². The average Bonchev–Trinajstić information content (AvgIpc) is 2.97. The molecule has 1 aliphatic rings. The van der Waals surface area contributed by atoms with Crippen molar-refractivity contribution in [2.24, 2.45) is 0 Å². The first-order chi connectivity index (χ1) is 19.8. The second-order valence-electron chi connectivity index (χ2n) is 10.1. The number of hydrogen-bond donors (Lipinski definition) is 6. The van der Waals surface area contributed by atoms with Crippen LogP contribution in [0.1, 0.15) is 46.8 Å². The minimum absolute atomic E-state index is 0.200. The second-order valence-corrected chi connectivity index (χ2v) is 12.2. The summed E-state index contributed by atoms with van der Waals surface area (Å²) in [6.07, 6.45) is 4.22. The van der Waals surface area contributed by atoms with E-state index >= 15 is 0 Å². The molecule has 218 valence electrons. The summed E-state index contributed by atoms with van der Waals surface area (Å²) in [5.74, 6) is -0.0692. The van der Waals surface area contributed by atoms with E-state index in [9.17, 15) is 19.0 Å². The molecule has 2 heterocycles. The van der Waals surface area contributed by atoms with Gasteiger partial charge in [0.2, 0.25) is 0 Å². The summed E-state index contributed by atoms with van der Waals surface area (Å²) in [7, 11) is -2.96. The molecule has 0 spiro atoms. The van der Waals surface area contributed by atoms with Crippen LogP contribution in [0.15, 0.2) is 67.0 Å².